The molecule has 0 fully saturated rings. The molecule has 28 heavy (non-hydrogen) atoms. The minimum Gasteiger partial charge on any atom is -0.399 e. The molecule has 4 rings (SSSR count). The van der Waals surface area contributed by atoms with Crippen LogP contribution in [0, 0.1) is 0 Å². The molecule has 1 atom stereocenters. The summed E-state index contributed by atoms with van der Waals surface area (Å²) in [6, 6.07) is 23.1. The fourth-order valence-electron chi connectivity index (χ4n) is 3.60. The first kappa shape index (κ1) is 17.9. The topological polar surface area (TPSA) is 83.6 Å². The number of hydrogen-bond donors (Lipinski definition) is 2. The number of carbonyl (C=O) groups is 2. The third-order valence-corrected chi connectivity index (χ3v) is 5.07. The normalized spacial score (nSPS) is 18.2. The summed E-state index contributed by atoms with van der Waals surface area (Å²) in [5.41, 5.74) is 6.78. The molecule has 3 aromatic carbocycles. The number of fused-ring (bicyclic) bond motifs is 1. The zero-order valence-corrected chi connectivity index (χ0v) is 15.2. The summed E-state index contributed by atoms with van der Waals surface area (Å²) in [5, 5.41) is 11.3. The fraction of sp³-hybridized carbons (Fsp3) is 0.130. The van der Waals surface area contributed by atoms with E-state index in [-0.39, 0.29) is 12.2 Å². The van der Waals surface area contributed by atoms with Crippen LogP contribution in [0.1, 0.15) is 27.9 Å². The van der Waals surface area contributed by atoms with Crippen molar-refractivity contribution in [2.75, 3.05) is 10.6 Å². The van der Waals surface area contributed by atoms with E-state index in [1.807, 2.05) is 36.4 Å². The zero-order chi connectivity index (χ0) is 19.7. The van der Waals surface area contributed by atoms with Gasteiger partial charge in [0, 0.05) is 16.8 Å². The van der Waals surface area contributed by atoms with Gasteiger partial charge in [-0.15, -0.1) is 0 Å². The molecule has 0 unspecified atom stereocenters. The summed E-state index contributed by atoms with van der Waals surface area (Å²) >= 11 is 0. The molecule has 5 heteroatoms. The third-order valence-electron chi connectivity index (χ3n) is 5.07. The SMILES string of the molecule is Nc1ccc(C(=O)C[C@]2(O)C(=O)N(Cc3ccccc3)c3ccccc32)cc1. The molecule has 0 saturated carbocycles. The van der Waals surface area contributed by atoms with Crippen molar-refractivity contribution in [1.29, 1.82) is 0 Å². The van der Waals surface area contributed by atoms with Gasteiger partial charge in [0.05, 0.1) is 18.7 Å². The minimum atomic E-state index is -1.89. The Labute approximate surface area is 163 Å². The van der Waals surface area contributed by atoms with Gasteiger partial charge in [-0.25, -0.2) is 0 Å². The van der Waals surface area contributed by atoms with Gasteiger partial charge in [-0.05, 0) is 35.9 Å². The number of carbonyl (C=O) groups excluding carboxylic acids is 2. The number of aliphatic hydroxyl groups is 1. The smallest absolute Gasteiger partial charge is 0.264 e. The highest BCUT2D eigenvalue weighted by atomic mass is 16.3. The quantitative estimate of drug-likeness (QED) is 0.532. The highest BCUT2D eigenvalue weighted by Crippen LogP contribution is 2.43. The molecular formula is C23H20N2O3. The van der Waals surface area contributed by atoms with Gasteiger partial charge in [-0.3, -0.25) is 9.59 Å². The number of amides is 1. The standard InChI is InChI=1S/C23H20N2O3/c24-18-12-10-17(11-13-18)21(26)14-23(28)19-8-4-5-9-20(19)25(22(23)27)15-16-6-2-1-3-7-16/h1-13,28H,14-15,24H2/t23-/m1/s1. The molecule has 0 aromatic heterocycles. The molecule has 0 saturated heterocycles. The molecular weight excluding hydrogens is 352 g/mol. The number of nitrogen functional groups attached to an aromatic ring is 1. The third kappa shape index (κ3) is 3.06. The predicted octanol–water partition coefficient (Wildman–Crippen LogP) is 3.28. The Balaban J connectivity index is 1.67. The van der Waals surface area contributed by atoms with Crippen molar-refractivity contribution in [3.63, 3.8) is 0 Å². The number of Topliss-reactive ketones (excluding diaryl/α,β-unsaturated/α-hetero) is 1. The monoisotopic (exact) mass is 372 g/mol. The van der Waals surface area contributed by atoms with Gasteiger partial charge in [-0.1, -0.05) is 48.5 Å². The molecule has 1 aliphatic heterocycles. The second kappa shape index (κ2) is 6.94. The molecule has 1 heterocycles. The lowest BCUT2D eigenvalue weighted by atomic mass is 9.88. The van der Waals surface area contributed by atoms with Crippen molar-refractivity contribution in [1.82, 2.24) is 0 Å². The largest absolute Gasteiger partial charge is 0.399 e. The number of para-hydroxylation sites is 1. The number of ketones is 1. The molecule has 1 aliphatic rings. The van der Waals surface area contributed by atoms with Crippen LogP contribution >= 0.6 is 0 Å². The van der Waals surface area contributed by atoms with E-state index in [9.17, 15) is 14.7 Å². The highest BCUT2D eigenvalue weighted by Gasteiger charge is 2.50. The predicted molar refractivity (Wildman–Crippen MR) is 108 cm³/mol. The van der Waals surface area contributed by atoms with Gasteiger partial charge in [0.15, 0.2) is 11.4 Å². The highest BCUT2D eigenvalue weighted by molar-refractivity contribution is 6.10. The Bertz CT molecular complexity index is 1030. The minimum absolute atomic E-state index is 0.313. The zero-order valence-electron chi connectivity index (χ0n) is 15.2. The maximum absolute atomic E-state index is 13.2. The van der Waals surface area contributed by atoms with Gasteiger partial charge in [0.2, 0.25) is 0 Å². The molecule has 0 spiro atoms. The first-order valence-corrected chi connectivity index (χ1v) is 9.05. The Morgan fingerprint density at radius 2 is 1.57 bits per heavy atom. The lowest BCUT2D eigenvalue weighted by Crippen LogP contribution is -2.41. The van der Waals surface area contributed by atoms with Crippen LogP contribution in [0.5, 0.6) is 0 Å². The van der Waals surface area contributed by atoms with Crippen molar-refractivity contribution in [3.8, 4) is 0 Å². The fourth-order valence-corrected chi connectivity index (χ4v) is 3.60. The summed E-state index contributed by atoms with van der Waals surface area (Å²) < 4.78 is 0. The Morgan fingerprint density at radius 1 is 0.929 bits per heavy atom. The number of rotatable bonds is 5. The number of nitrogens with two attached hydrogens (primary N) is 1. The average Bonchev–Trinajstić information content (AvgIpc) is 2.91. The van der Waals surface area contributed by atoms with Crippen LogP contribution in [0.15, 0.2) is 78.9 Å². The number of hydrogen-bond acceptors (Lipinski definition) is 4. The summed E-state index contributed by atoms with van der Waals surface area (Å²) in [7, 11) is 0. The number of nitrogens with zero attached hydrogens (tertiary/aromatic N) is 1. The van der Waals surface area contributed by atoms with Gasteiger partial charge in [0.1, 0.15) is 0 Å². The second-order valence-corrected chi connectivity index (χ2v) is 6.98. The molecule has 5 nitrogen and oxygen atoms in total. The Hall–Kier alpha value is -3.44. The molecule has 3 aromatic rings. The molecule has 1 amide bonds. The van der Waals surface area contributed by atoms with E-state index in [0.717, 1.165) is 5.56 Å². The molecule has 0 aliphatic carbocycles. The lowest BCUT2D eigenvalue weighted by Gasteiger charge is -2.23. The lowest BCUT2D eigenvalue weighted by molar-refractivity contribution is -0.136. The van der Waals surface area contributed by atoms with E-state index >= 15 is 0 Å². The first-order valence-electron chi connectivity index (χ1n) is 9.05. The van der Waals surface area contributed by atoms with Crippen LogP contribution in [0.25, 0.3) is 0 Å². The van der Waals surface area contributed by atoms with Gasteiger partial charge in [-0.2, -0.15) is 0 Å². The van der Waals surface area contributed by atoms with Gasteiger partial charge in [0.25, 0.3) is 5.91 Å². The molecule has 0 radical (unpaired) electrons. The van der Waals surface area contributed by atoms with Gasteiger partial charge >= 0.3 is 0 Å². The van der Waals surface area contributed by atoms with Crippen molar-refractivity contribution >= 4 is 23.1 Å². The molecule has 3 N–H and O–H groups in total. The van der Waals surface area contributed by atoms with Crippen LogP contribution in [-0.4, -0.2) is 16.8 Å². The van der Waals surface area contributed by atoms with Crippen LogP contribution < -0.4 is 10.6 Å². The van der Waals surface area contributed by atoms with E-state index in [1.54, 1.807) is 47.4 Å². The van der Waals surface area contributed by atoms with Crippen molar-refractivity contribution < 1.29 is 14.7 Å². The molecule has 140 valence electrons. The van der Waals surface area contributed by atoms with Gasteiger partial charge < -0.3 is 15.7 Å². The maximum atomic E-state index is 13.2. The second-order valence-electron chi connectivity index (χ2n) is 6.98. The Morgan fingerprint density at radius 3 is 2.29 bits per heavy atom. The van der Waals surface area contributed by atoms with Crippen LogP contribution in [0.3, 0.4) is 0 Å². The van der Waals surface area contributed by atoms with E-state index in [1.165, 1.54) is 0 Å². The summed E-state index contributed by atoms with van der Waals surface area (Å²) in [6.45, 7) is 0.328. The summed E-state index contributed by atoms with van der Waals surface area (Å²) in [6.07, 6.45) is -0.321. The van der Waals surface area contributed by atoms with Crippen LogP contribution in [0.4, 0.5) is 11.4 Å². The van der Waals surface area contributed by atoms with E-state index in [2.05, 4.69) is 0 Å². The van der Waals surface area contributed by atoms with E-state index < -0.39 is 11.5 Å². The number of anilines is 2. The van der Waals surface area contributed by atoms with Crippen molar-refractivity contribution in [3.05, 3.63) is 95.6 Å². The maximum Gasteiger partial charge on any atom is 0.264 e. The molecule has 0 bridgehead atoms. The summed E-state index contributed by atoms with van der Waals surface area (Å²) in [5.74, 6) is -0.798. The van der Waals surface area contributed by atoms with Crippen LogP contribution in [0.2, 0.25) is 0 Å². The van der Waals surface area contributed by atoms with E-state index in [4.69, 9.17) is 5.73 Å². The van der Waals surface area contributed by atoms with E-state index in [0.29, 0.717) is 29.0 Å². The van der Waals surface area contributed by atoms with Crippen molar-refractivity contribution in [2.24, 2.45) is 0 Å². The van der Waals surface area contributed by atoms with Crippen molar-refractivity contribution in [2.45, 2.75) is 18.6 Å². The average molecular weight is 372 g/mol. The summed E-state index contributed by atoms with van der Waals surface area (Å²) in [4.78, 5) is 27.5. The Kier molecular flexibility index (Phi) is 4.45. The number of benzene rings is 3. The van der Waals surface area contributed by atoms with Crippen LogP contribution in [-0.2, 0) is 16.9 Å². The first-order chi connectivity index (χ1) is 13.5.